The Bertz CT molecular complexity index is 460. The standard InChI is InChI=1S/C16H25N3O/c1-2-13(17)6-14-18-15(19-20-14)16-7-10-3-11(8-16)5-12(4-10)9-16/h10-13H,2-9,17H2,1H3. The van der Waals surface area contributed by atoms with Crippen LogP contribution in [0.5, 0.6) is 0 Å². The van der Waals surface area contributed by atoms with Crippen molar-refractivity contribution >= 4 is 0 Å². The van der Waals surface area contributed by atoms with Gasteiger partial charge in [0, 0.05) is 17.9 Å². The molecule has 4 heteroatoms. The van der Waals surface area contributed by atoms with Crippen LogP contribution in [0.4, 0.5) is 0 Å². The summed E-state index contributed by atoms with van der Waals surface area (Å²) in [5.74, 6) is 4.49. The summed E-state index contributed by atoms with van der Waals surface area (Å²) in [6, 6.07) is 0.139. The fraction of sp³-hybridized carbons (Fsp3) is 0.875. The average molecular weight is 275 g/mol. The summed E-state index contributed by atoms with van der Waals surface area (Å²) in [7, 11) is 0. The maximum atomic E-state index is 5.99. The van der Waals surface area contributed by atoms with Gasteiger partial charge in [0.1, 0.15) is 0 Å². The second-order valence-electron chi connectivity index (χ2n) is 7.58. The van der Waals surface area contributed by atoms with Gasteiger partial charge >= 0.3 is 0 Å². The lowest BCUT2D eigenvalue weighted by Crippen LogP contribution is -2.49. The zero-order valence-electron chi connectivity index (χ0n) is 12.3. The molecule has 20 heavy (non-hydrogen) atoms. The van der Waals surface area contributed by atoms with E-state index in [9.17, 15) is 0 Å². The summed E-state index contributed by atoms with van der Waals surface area (Å²) in [6.45, 7) is 2.10. The molecule has 4 saturated carbocycles. The number of nitrogens with two attached hydrogens (primary N) is 1. The maximum absolute atomic E-state index is 5.99. The van der Waals surface area contributed by atoms with Crippen LogP contribution < -0.4 is 5.73 Å². The molecular formula is C16H25N3O. The predicted octanol–water partition coefficient (Wildman–Crippen LogP) is 2.82. The molecule has 5 rings (SSSR count). The molecule has 2 N–H and O–H groups in total. The molecule has 4 nitrogen and oxygen atoms in total. The van der Waals surface area contributed by atoms with E-state index >= 15 is 0 Å². The Morgan fingerprint density at radius 1 is 1.20 bits per heavy atom. The van der Waals surface area contributed by atoms with Crippen molar-refractivity contribution in [2.45, 2.75) is 69.7 Å². The Morgan fingerprint density at radius 3 is 2.35 bits per heavy atom. The Morgan fingerprint density at radius 2 is 1.80 bits per heavy atom. The summed E-state index contributed by atoms with van der Waals surface area (Å²) >= 11 is 0. The van der Waals surface area contributed by atoms with Crippen molar-refractivity contribution in [2.24, 2.45) is 23.5 Å². The lowest BCUT2D eigenvalue weighted by Gasteiger charge is -2.55. The molecule has 1 aromatic rings. The van der Waals surface area contributed by atoms with Gasteiger partial charge in [-0.05, 0) is 62.7 Å². The number of hydrogen-bond acceptors (Lipinski definition) is 4. The van der Waals surface area contributed by atoms with Crippen LogP contribution in [-0.2, 0) is 11.8 Å². The van der Waals surface area contributed by atoms with E-state index in [4.69, 9.17) is 15.2 Å². The highest BCUT2D eigenvalue weighted by Gasteiger charge is 2.53. The molecule has 0 aliphatic heterocycles. The van der Waals surface area contributed by atoms with E-state index in [1.807, 2.05) is 0 Å². The molecule has 0 spiro atoms. The Labute approximate surface area is 120 Å². The molecule has 4 aliphatic rings. The molecule has 110 valence electrons. The molecule has 4 bridgehead atoms. The Kier molecular flexibility index (Phi) is 2.92. The molecule has 0 amide bonds. The fourth-order valence-electron chi connectivity index (χ4n) is 5.31. The van der Waals surface area contributed by atoms with Crippen molar-refractivity contribution in [3.8, 4) is 0 Å². The van der Waals surface area contributed by atoms with Gasteiger partial charge in [0.25, 0.3) is 0 Å². The topological polar surface area (TPSA) is 64.9 Å². The minimum absolute atomic E-state index is 0.139. The third-order valence-electron chi connectivity index (χ3n) is 5.94. The summed E-state index contributed by atoms with van der Waals surface area (Å²) in [5.41, 5.74) is 6.24. The van der Waals surface area contributed by atoms with E-state index in [1.54, 1.807) is 0 Å². The van der Waals surface area contributed by atoms with Crippen LogP contribution in [0, 0.1) is 17.8 Å². The summed E-state index contributed by atoms with van der Waals surface area (Å²) < 4.78 is 5.49. The first kappa shape index (κ1) is 12.8. The Balaban J connectivity index is 1.58. The van der Waals surface area contributed by atoms with Gasteiger partial charge in [0.2, 0.25) is 5.89 Å². The van der Waals surface area contributed by atoms with Crippen molar-refractivity contribution in [1.82, 2.24) is 10.1 Å². The monoisotopic (exact) mass is 275 g/mol. The number of rotatable bonds is 4. The first-order valence-electron chi connectivity index (χ1n) is 8.25. The van der Waals surface area contributed by atoms with Crippen LogP contribution in [0.2, 0.25) is 0 Å². The van der Waals surface area contributed by atoms with Gasteiger partial charge in [-0.15, -0.1) is 0 Å². The van der Waals surface area contributed by atoms with Gasteiger partial charge in [-0.2, -0.15) is 4.98 Å². The highest BCUT2D eigenvalue weighted by molar-refractivity contribution is 5.16. The van der Waals surface area contributed by atoms with Gasteiger partial charge in [-0.25, -0.2) is 0 Å². The van der Waals surface area contributed by atoms with Crippen molar-refractivity contribution < 1.29 is 4.52 Å². The normalized spacial score (nSPS) is 40.2. The van der Waals surface area contributed by atoms with Crippen LogP contribution in [0.3, 0.4) is 0 Å². The number of aromatic nitrogens is 2. The van der Waals surface area contributed by atoms with Crippen molar-refractivity contribution in [2.75, 3.05) is 0 Å². The van der Waals surface area contributed by atoms with Crippen molar-refractivity contribution in [1.29, 1.82) is 0 Å². The van der Waals surface area contributed by atoms with Gasteiger partial charge < -0.3 is 10.3 Å². The quantitative estimate of drug-likeness (QED) is 0.917. The van der Waals surface area contributed by atoms with E-state index in [1.165, 1.54) is 38.5 Å². The number of nitrogens with zero attached hydrogens (tertiary/aromatic N) is 2. The minimum atomic E-state index is 0.139. The smallest absolute Gasteiger partial charge is 0.228 e. The molecule has 4 aliphatic carbocycles. The van der Waals surface area contributed by atoms with Crippen LogP contribution in [0.25, 0.3) is 0 Å². The molecule has 0 aromatic carbocycles. The molecule has 1 heterocycles. The third kappa shape index (κ3) is 2.00. The van der Waals surface area contributed by atoms with E-state index in [0.717, 1.165) is 42.3 Å². The average Bonchev–Trinajstić information content (AvgIpc) is 2.86. The van der Waals surface area contributed by atoms with Crippen LogP contribution >= 0.6 is 0 Å². The van der Waals surface area contributed by atoms with E-state index in [2.05, 4.69) is 12.1 Å². The fourth-order valence-corrected chi connectivity index (χ4v) is 5.31. The molecule has 4 fully saturated rings. The summed E-state index contributed by atoms with van der Waals surface area (Å²) in [6.07, 6.45) is 9.89. The van der Waals surface area contributed by atoms with Crippen molar-refractivity contribution in [3.05, 3.63) is 11.7 Å². The highest BCUT2D eigenvalue weighted by Crippen LogP contribution is 2.60. The zero-order valence-corrected chi connectivity index (χ0v) is 12.3. The van der Waals surface area contributed by atoms with Gasteiger partial charge in [-0.1, -0.05) is 12.1 Å². The molecule has 0 radical (unpaired) electrons. The molecule has 1 aromatic heterocycles. The lowest BCUT2D eigenvalue weighted by atomic mass is 9.49. The van der Waals surface area contributed by atoms with E-state index < -0.39 is 0 Å². The van der Waals surface area contributed by atoms with Gasteiger partial charge in [-0.3, -0.25) is 0 Å². The van der Waals surface area contributed by atoms with E-state index in [-0.39, 0.29) is 11.5 Å². The first-order valence-corrected chi connectivity index (χ1v) is 8.25. The summed E-state index contributed by atoms with van der Waals surface area (Å²) in [4.78, 5) is 4.73. The largest absolute Gasteiger partial charge is 0.339 e. The molecule has 1 unspecified atom stereocenters. The zero-order chi connectivity index (χ0) is 13.7. The predicted molar refractivity (Wildman–Crippen MR) is 76.1 cm³/mol. The second kappa shape index (κ2) is 4.55. The van der Waals surface area contributed by atoms with Crippen LogP contribution in [0.15, 0.2) is 4.52 Å². The molecule has 1 atom stereocenters. The third-order valence-corrected chi connectivity index (χ3v) is 5.94. The SMILES string of the molecule is CCC(N)Cc1nc(C23CC4CC(CC(C4)C2)C3)no1. The maximum Gasteiger partial charge on any atom is 0.228 e. The van der Waals surface area contributed by atoms with Crippen LogP contribution in [0.1, 0.15) is 63.6 Å². The van der Waals surface area contributed by atoms with Crippen molar-refractivity contribution in [3.63, 3.8) is 0 Å². The van der Waals surface area contributed by atoms with Gasteiger partial charge in [0.15, 0.2) is 5.82 Å². The second-order valence-corrected chi connectivity index (χ2v) is 7.58. The minimum Gasteiger partial charge on any atom is -0.339 e. The number of hydrogen-bond donors (Lipinski definition) is 1. The lowest BCUT2D eigenvalue weighted by molar-refractivity contribution is -0.0103. The molecule has 0 saturated heterocycles. The summed E-state index contributed by atoms with van der Waals surface area (Å²) in [5, 5.41) is 4.35. The first-order chi connectivity index (χ1) is 9.67. The van der Waals surface area contributed by atoms with Gasteiger partial charge in [0.05, 0.1) is 0 Å². The molecular weight excluding hydrogens is 250 g/mol. The Hall–Kier alpha value is -0.900. The highest BCUT2D eigenvalue weighted by atomic mass is 16.5. The van der Waals surface area contributed by atoms with Crippen LogP contribution in [-0.4, -0.2) is 16.2 Å². The van der Waals surface area contributed by atoms with E-state index in [0.29, 0.717) is 0 Å².